The van der Waals surface area contributed by atoms with Gasteiger partial charge in [0.25, 0.3) is 0 Å². The first-order chi connectivity index (χ1) is 5.04. The smallest absolute Gasteiger partial charge is 0.138 e. The first-order valence-electron chi connectivity index (χ1n) is 4.18. The quantitative estimate of drug-likeness (QED) is 0.556. The maximum absolute atomic E-state index is 11.3. The Kier molecular flexibility index (Phi) is 4.09. The number of hydrogen-bond donors (Lipinski definition) is 0. The zero-order valence-electron chi connectivity index (χ0n) is 7.81. The molecule has 0 radical (unpaired) electrons. The van der Waals surface area contributed by atoms with Crippen LogP contribution in [0.1, 0.15) is 40.0 Å². The van der Waals surface area contributed by atoms with Gasteiger partial charge < -0.3 is 0 Å². The van der Waals surface area contributed by atoms with Crippen LogP contribution in [-0.4, -0.2) is 5.78 Å². The highest BCUT2D eigenvalue weighted by Crippen LogP contribution is 2.24. The Morgan fingerprint density at radius 1 is 1.55 bits per heavy atom. The molecule has 64 valence electrons. The van der Waals surface area contributed by atoms with Crippen molar-refractivity contribution in [2.45, 2.75) is 40.0 Å². The van der Waals surface area contributed by atoms with Crippen LogP contribution in [0.5, 0.6) is 0 Å². The first-order valence-corrected chi connectivity index (χ1v) is 4.18. The van der Waals surface area contributed by atoms with Gasteiger partial charge in [0.1, 0.15) is 5.78 Å². The highest BCUT2D eigenvalue weighted by molar-refractivity contribution is 5.83. The molecule has 0 unspecified atom stereocenters. The molecule has 0 aliphatic heterocycles. The molecule has 1 heteroatoms. The van der Waals surface area contributed by atoms with Gasteiger partial charge in [-0.15, -0.1) is 6.58 Å². The van der Waals surface area contributed by atoms with Crippen molar-refractivity contribution in [3.8, 4) is 0 Å². The SMILES string of the molecule is C=CCCC(C)(C)C(=O)CC. The van der Waals surface area contributed by atoms with E-state index in [-0.39, 0.29) is 5.41 Å². The fraction of sp³-hybridized carbons (Fsp3) is 0.700. The van der Waals surface area contributed by atoms with E-state index in [1.54, 1.807) is 0 Å². The monoisotopic (exact) mass is 154 g/mol. The van der Waals surface area contributed by atoms with Gasteiger partial charge in [0.15, 0.2) is 0 Å². The maximum atomic E-state index is 11.3. The molecule has 0 fully saturated rings. The van der Waals surface area contributed by atoms with Crippen molar-refractivity contribution >= 4 is 5.78 Å². The van der Waals surface area contributed by atoms with Gasteiger partial charge in [0.2, 0.25) is 0 Å². The summed E-state index contributed by atoms with van der Waals surface area (Å²) in [4.78, 5) is 11.3. The molecule has 0 N–H and O–H groups in total. The second kappa shape index (κ2) is 4.32. The second-order valence-electron chi connectivity index (χ2n) is 3.49. The lowest BCUT2D eigenvalue weighted by Gasteiger charge is -2.21. The topological polar surface area (TPSA) is 17.1 Å². The molecule has 0 aromatic carbocycles. The minimum atomic E-state index is -0.150. The predicted molar refractivity (Wildman–Crippen MR) is 48.5 cm³/mol. The Labute approximate surface area is 69.5 Å². The number of rotatable bonds is 5. The van der Waals surface area contributed by atoms with E-state index in [0.717, 1.165) is 12.8 Å². The molecule has 0 heterocycles. The molecule has 0 spiro atoms. The van der Waals surface area contributed by atoms with E-state index in [9.17, 15) is 4.79 Å². The van der Waals surface area contributed by atoms with E-state index < -0.39 is 0 Å². The van der Waals surface area contributed by atoms with Crippen LogP contribution >= 0.6 is 0 Å². The summed E-state index contributed by atoms with van der Waals surface area (Å²) >= 11 is 0. The van der Waals surface area contributed by atoms with Crippen LogP contribution in [0.2, 0.25) is 0 Å². The minimum absolute atomic E-state index is 0.150. The summed E-state index contributed by atoms with van der Waals surface area (Å²) in [6.45, 7) is 9.56. The molecular formula is C10H18O. The van der Waals surface area contributed by atoms with Crippen molar-refractivity contribution in [1.29, 1.82) is 0 Å². The van der Waals surface area contributed by atoms with E-state index in [0.29, 0.717) is 12.2 Å². The van der Waals surface area contributed by atoms with Gasteiger partial charge in [-0.25, -0.2) is 0 Å². The Bertz CT molecular complexity index is 145. The van der Waals surface area contributed by atoms with Crippen LogP contribution in [-0.2, 0) is 4.79 Å². The Morgan fingerprint density at radius 3 is 2.45 bits per heavy atom. The van der Waals surface area contributed by atoms with E-state index >= 15 is 0 Å². The van der Waals surface area contributed by atoms with Crippen molar-refractivity contribution in [3.05, 3.63) is 12.7 Å². The Hall–Kier alpha value is -0.590. The van der Waals surface area contributed by atoms with Gasteiger partial charge in [-0.2, -0.15) is 0 Å². The lowest BCUT2D eigenvalue weighted by atomic mass is 9.82. The molecule has 0 bridgehead atoms. The van der Waals surface area contributed by atoms with E-state index in [4.69, 9.17) is 0 Å². The van der Waals surface area contributed by atoms with Crippen LogP contribution < -0.4 is 0 Å². The third kappa shape index (κ3) is 3.35. The summed E-state index contributed by atoms with van der Waals surface area (Å²) in [5.74, 6) is 0.347. The maximum Gasteiger partial charge on any atom is 0.138 e. The number of allylic oxidation sites excluding steroid dienone is 1. The van der Waals surface area contributed by atoms with Gasteiger partial charge in [-0.1, -0.05) is 26.8 Å². The molecule has 0 aromatic heterocycles. The lowest BCUT2D eigenvalue weighted by molar-refractivity contribution is -0.127. The third-order valence-corrected chi connectivity index (χ3v) is 2.05. The van der Waals surface area contributed by atoms with Gasteiger partial charge >= 0.3 is 0 Å². The number of Topliss-reactive ketones (excluding diaryl/α,β-unsaturated/α-hetero) is 1. The zero-order chi connectivity index (χ0) is 8.91. The molecule has 0 saturated carbocycles. The summed E-state index contributed by atoms with van der Waals surface area (Å²) in [5, 5.41) is 0. The molecular weight excluding hydrogens is 136 g/mol. The van der Waals surface area contributed by atoms with Crippen molar-refractivity contribution in [2.75, 3.05) is 0 Å². The largest absolute Gasteiger partial charge is 0.299 e. The standard InChI is InChI=1S/C10H18O/c1-5-7-8-10(3,4)9(11)6-2/h5H,1,6-8H2,2-4H3. The number of hydrogen-bond acceptors (Lipinski definition) is 1. The molecule has 0 saturated heterocycles. The number of carbonyl (C=O) groups excluding carboxylic acids is 1. The fourth-order valence-electron chi connectivity index (χ4n) is 1.08. The molecule has 0 rings (SSSR count). The molecule has 1 nitrogen and oxygen atoms in total. The molecule has 0 amide bonds. The summed E-state index contributed by atoms with van der Waals surface area (Å²) in [6, 6.07) is 0. The lowest BCUT2D eigenvalue weighted by Crippen LogP contribution is -2.22. The van der Waals surface area contributed by atoms with Gasteiger partial charge in [-0.05, 0) is 12.8 Å². The number of carbonyl (C=O) groups is 1. The molecule has 0 aliphatic rings. The van der Waals surface area contributed by atoms with E-state index in [2.05, 4.69) is 6.58 Å². The van der Waals surface area contributed by atoms with Crippen LogP contribution in [0.15, 0.2) is 12.7 Å². The van der Waals surface area contributed by atoms with Crippen molar-refractivity contribution < 1.29 is 4.79 Å². The Morgan fingerprint density at radius 2 is 2.09 bits per heavy atom. The molecule has 0 atom stereocenters. The molecule has 0 aromatic rings. The minimum Gasteiger partial charge on any atom is -0.299 e. The summed E-state index contributed by atoms with van der Waals surface area (Å²) in [7, 11) is 0. The van der Waals surface area contributed by atoms with Crippen LogP contribution in [0.25, 0.3) is 0 Å². The van der Waals surface area contributed by atoms with Crippen molar-refractivity contribution in [3.63, 3.8) is 0 Å². The van der Waals surface area contributed by atoms with E-state index in [1.165, 1.54) is 0 Å². The molecule has 0 aliphatic carbocycles. The second-order valence-corrected chi connectivity index (χ2v) is 3.49. The van der Waals surface area contributed by atoms with Crippen LogP contribution in [0, 0.1) is 5.41 Å². The average Bonchev–Trinajstić information content (AvgIpc) is 1.99. The average molecular weight is 154 g/mol. The van der Waals surface area contributed by atoms with E-state index in [1.807, 2.05) is 26.8 Å². The van der Waals surface area contributed by atoms with Crippen molar-refractivity contribution in [1.82, 2.24) is 0 Å². The fourth-order valence-corrected chi connectivity index (χ4v) is 1.08. The highest BCUT2D eigenvalue weighted by atomic mass is 16.1. The van der Waals surface area contributed by atoms with Gasteiger partial charge in [0.05, 0.1) is 0 Å². The Balaban J connectivity index is 3.97. The normalized spacial score (nSPS) is 11.2. The zero-order valence-corrected chi connectivity index (χ0v) is 7.81. The summed E-state index contributed by atoms with van der Waals surface area (Å²) in [6.07, 6.45) is 4.36. The number of ketones is 1. The summed E-state index contributed by atoms with van der Waals surface area (Å²) in [5.41, 5.74) is -0.150. The van der Waals surface area contributed by atoms with Gasteiger partial charge in [0, 0.05) is 11.8 Å². The highest BCUT2D eigenvalue weighted by Gasteiger charge is 2.24. The summed E-state index contributed by atoms with van der Waals surface area (Å²) < 4.78 is 0. The third-order valence-electron chi connectivity index (χ3n) is 2.05. The predicted octanol–water partition coefficient (Wildman–Crippen LogP) is 2.96. The van der Waals surface area contributed by atoms with Crippen molar-refractivity contribution in [2.24, 2.45) is 5.41 Å². The van der Waals surface area contributed by atoms with Crippen LogP contribution in [0.4, 0.5) is 0 Å². The van der Waals surface area contributed by atoms with Crippen LogP contribution in [0.3, 0.4) is 0 Å². The molecule has 11 heavy (non-hydrogen) atoms. The van der Waals surface area contributed by atoms with Gasteiger partial charge in [-0.3, -0.25) is 4.79 Å². The first kappa shape index (κ1) is 10.4.